The summed E-state index contributed by atoms with van der Waals surface area (Å²) >= 11 is 1.52. The highest BCUT2D eigenvalue weighted by Gasteiger charge is 2.26. The van der Waals surface area contributed by atoms with E-state index in [0.29, 0.717) is 38.4 Å². The van der Waals surface area contributed by atoms with E-state index in [1.54, 1.807) is 0 Å². The molecule has 0 unspecified atom stereocenters. The summed E-state index contributed by atoms with van der Waals surface area (Å²) in [6.07, 6.45) is 2.37. The Kier molecular flexibility index (Phi) is 7.40. The number of nitrogens with one attached hydrogen (secondary N) is 1. The van der Waals surface area contributed by atoms with Crippen LogP contribution in [0.15, 0.2) is 29.6 Å². The molecule has 2 aliphatic rings. The van der Waals surface area contributed by atoms with Gasteiger partial charge in [0, 0.05) is 43.9 Å². The number of nitrogens with zero attached hydrogens (tertiary/aromatic N) is 3. The number of ether oxygens (including phenoxy) is 1. The first-order valence-electron chi connectivity index (χ1n) is 11.1. The van der Waals surface area contributed by atoms with Gasteiger partial charge in [0.05, 0.1) is 29.6 Å². The number of thiazole rings is 1. The summed E-state index contributed by atoms with van der Waals surface area (Å²) in [5.74, 6) is 5.51. The summed E-state index contributed by atoms with van der Waals surface area (Å²) in [5, 5.41) is 5.82. The van der Waals surface area contributed by atoms with Crippen molar-refractivity contribution in [1.82, 2.24) is 9.88 Å². The quantitative estimate of drug-likeness (QED) is 0.720. The lowest BCUT2D eigenvalue weighted by atomic mass is 9.97. The SMILES string of the molecule is CCC#CC(=O)N1CCC(c2nc(C(=O)Nc3ccccc3N3CCOCC3)cs2)CC1. The van der Waals surface area contributed by atoms with E-state index >= 15 is 0 Å². The molecule has 8 heteroatoms. The first-order valence-corrected chi connectivity index (χ1v) is 12.0. The second-order valence-electron chi connectivity index (χ2n) is 7.86. The third-order valence-electron chi connectivity index (χ3n) is 5.76. The number of carbonyl (C=O) groups is 2. The first kappa shape index (κ1) is 22.3. The van der Waals surface area contributed by atoms with Crippen LogP contribution >= 0.6 is 11.3 Å². The van der Waals surface area contributed by atoms with Crippen LogP contribution in [-0.4, -0.2) is 61.1 Å². The van der Waals surface area contributed by atoms with Crippen molar-refractivity contribution in [2.24, 2.45) is 0 Å². The fourth-order valence-corrected chi connectivity index (χ4v) is 4.97. The van der Waals surface area contributed by atoms with Gasteiger partial charge in [0.25, 0.3) is 11.8 Å². The second-order valence-corrected chi connectivity index (χ2v) is 8.75. The van der Waals surface area contributed by atoms with E-state index in [-0.39, 0.29) is 17.7 Å². The number of amides is 2. The number of piperidine rings is 1. The molecule has 0 atom stereocenters. The van der Waals surface area contributed by atoms with E-state index in [2.05, 4.69) is 27.0 Å². The molecule has 168 valence electrons. The van der Waals surface area contributed by atoms with Crippen LogP contribution in [0.1, 0.15) is 47.6 Å². The van der Waals surface area contributed by atoms with E-state index in [9.17, 15) is 9.59 Å². The molecule has 7 nitrogen and oxygen atoms in total. The number of aromatic nitrogens is 1. The summed E-state index contributed by atoms with van der Waals surface area (Å²) in [4.78, 5) is 33.7. The van der Waals surface area contributed by atoms with Crippen molar-refractivity contribution >= 4 is 34.5 Å². The fourth-order valence-electron chi connectivity index (χ4n) is 4.00. The van der Waals surface area contributed by atoms with Gasteiger partial charge in [-0.3, -0.25) is 9.59 Å². The number of para-hydroxylation sites is 2. The molecule has 4 rings (SSSR count). The minimum Gasteiger partial charge on any atom is -0.378 e. The lowest BCUT2D eigenvalue weighted by Crippen LogP contribution is -2.37. The second kappa shape index (κ2) is 10.6. The predicted octanol–water partition coefficient (Wildman–Crippen LogP) is 3.35. The van der Waals surface area contributed by atoms with E-state index < -0.39 is 0 Å². The maximum absolute atomic E-state index is 12.9. The normalized spacial score (nSPS) is 16.9. The molecular formula is C24H28N4O3S. The maximum atomic E-state index is 12.9. The van der Waals surface area contributed by atoms with Crippen LogP contribution in [0.3, 0.4) is 0 Å². The predicted molar refractivity (Wildman–Crippen MR) is 126 cm³/mol. The molecule has 1 N–H and O–H groups in total. The summed E-state index contributed by atoms with van der Waals surface area (Å²) in [5.41, 5.74) is 2.23. The average molecular weight is 453 g/mol. The van der Waals surface area contributed by atoms with Crippen molar-refractivity contribution < 1.29 is 14.3 Å². The Hall–Kier alpha value is -2.89. The third kappa shape index (κ3) is 5.29. The summed E-state index contributed by atoms with van der Waals surface area (Å²) in [6, 6.07) is 7.84. The molecule has 2 aliphatic heterocycles. The van der Waals surface area contributed by atoms with Gasteiger partial charge in [0.15, 0.2) is 0 Å². The van der Waals surface area contributed by atoms with Crippen LogP contribution in [0.4, 0.5) is 11.4 Å². The molecule has 2 fully saturated rings. The monoisotopic (exact) mass is 452 g/mol. The molecule has 0 saturated carbocycles. The molecule has 0 aliphatic carbocycles. The molecule has 2 aromatic rings. The average Bonchev–Trinajstić information content (AvgIpc) is 3.34. The van der Waals surface area contributed by atoms with Crippen LogP contribution < -0.4 is 10.2 Å². The molecule has 3 heterocycles. The third-order valence-corrected chi connectivity index (χ3v) is 6.77. The van der Waals surface area contributed by atoms with Crippen LogP contribution in [0.2, 0.25) is 0 Å². The van der Waals surface area contributed by atoms with Gasteiger partial charge in [0.2, 0.25) is 0 Å². The number of benzene rings is 1. The Morgan fingerprint density at radius 1 is 1.19 bits per heavy atom. The zero-order valence-corrected chi connectivity index (χ0v) is 19.1. The number of carbonyl (C=O) groups excluding carboxylic acids is 2. The number of likely N-dealkylation sites (tertiary alicyclic amines) is 1. The first-order chi connectivity index (χ1) is 15.7. The molecule has 1 aromatic heterocycles. The Morgan fingerprint density at radius 3 is 2.69 bits per heavy atom. The van der Waals surface area contributed by atoms with Gasteiger partial charge >= 0.3 is 0 Å². The lowest BCUT2D eigenvalue weighted by molar-refractivity contribution is -0.126. The van der Waals surface area contributed by atoms with Crippen LogP contribution in [0.25, 0.3) is 0 Å². The molecule has 2 amide bonds. The Morgan fingerprint density at radius 2 is 1.94 bits per heavy atom. The molecule has 1 aromatic carbocycles. The van der Waals surface area contributed by atoms with E-state index in [0.717, 1.165) is 42.3 Å². The largest absolute Gasteiger partial charge is 0.378 e. The van der Waals surface area contributed by atoms with Crippen molar-refractivity contribution in [2.45, 2.75) is 32.1 Å². The van der Waals surface area contributed by atoms with Gasteiger partial charge in [-0.2, -0.15) is 0 Å². The summed E-state index contributed by atoms with van der Waals surface area (Å²) in [7, 11) is 0. The molecule has 2 saturated heterocycles. The van der Waals surface area contributed by atoms with Gasteiger partial charge in [0.1, 0.15) is 5.69 Å². The molecule has 0 spiro atoms. The van der Waals surface area contributed by atoms with Gasteiger partial charge in [-0.1, -0.05) is 25.0 Å². The maximum Gasteiger partial charge on any atom is 0.298 e. The number of morpholine rings is 1. The van der Waals surface area contributed by atoms with E-state index in [4.69, 9.17) is 4.74 Å². The highest BCUT2D eigenvalue weighted by atomic mass is 32.1. The topological polar surface area (TPSA) is 74.8 Å². The Bertz CT molecular complexity index is 1010. The zero-order valence-electron chi connectivity index (χ0n) is 18.3. The van der Waals surface area contributed by atoms with Crippen molar-refractivity contribution in [1.29, 1.82) is 0 Å². The van der Waals surface area contributed by atoms with Crippen molar-refractivity contribution in [2.75, 3.05) is 49.6 Å². The van der Waals surface area contributed by atoms with E-state index in [1.165, 1.54) is 11.3 Å². The van der Waals surface area contributed by atoms with Crippen LogP contribution in [0, 0.1) is 11.8 Å². The van der Waals surface area contributed by atoms with Crippen LogP contribution in [0.5, 0.6) is 0 Å². The van der Waals surface area contributed by atoms with Crippen LogP contribution in [-0.2, 0) is 9.53 Å². The number of rotatable bonds is 4. The number of anilines is 2. The highest BCUT2D eigenvalue weighted by molar-refractivity contribution is 7.10. The summed E-state index contributed by atoms with van der Waals surface area (Å²) < 4.78 is 5.44. The van der Waals surface area contributed by atoms with Crippen molar-refractivity contribution in [3.05, 3.63) is 40.3 Å². The standard InChI is InChI=1S/C24H28N4O3S/c1-2-3-8-22(29)28-11-9-18(10-12-28)24-26-20(17-32-24)23(30)25-19-6-4-5-7-21(19)27-13-15-31-16-14-27/h4-7,17-18H,2,9-16H2,1H3,(H,25,30). The van der Waals surface area contributed by atoms with E-state index in [1.807, 2.05) is 41.5 Å². The van der Waals surface area contributed by atoms with Crippen molar-refractivity contribution in [3.63, 3.8) is 0 Å². The Balaban J connectivity index is 1.37. The molecule has 0 bridgehead atoms. The van der Waals surface area contributed by atoms with Gasteiger partial charge in [-0.15, -0.1) is 11.3 Å². The molecular weight excluding hydrogens is 424 g/mol. The molecule has 32 heavy (non-hydrogen) atoms. The van der Waals surface area contributed by atoms with Gasteiger partial charge in [-0.25, -0.2) is 4.98 Å². The van der Waals surface area contributed by atoms with Gasteiger partial charge in [-0.05, 0) is 30.9 Å². The van der Waals surface area contributed by atoms with Gasteiger partial charge < -0.3 is 19.9 Å². The number of hydrogen-bond acceptors (Lipinski definition) is 6. The smallest absolute Gasteiger partial charge is 0.298 e. The minimum absolute atomic E-state index is 0.0940. The van der Waals surface area contributed by atoms with Crippen molar-refractivity contribution in [3.8, 4) is 11.8 Å². The summed E-state index contributed by atoms with van der Waals surface area (Å²) in [6.45, 7) is 6.27. The Labute approximate surface area is 192 Å². The lowest BCUT2D eigenvalue weighted by Gasteiger charge is -2.30. The zero-order chi connectivity index (χ0) is 22.3. The number of hydrogen-bond donors (Lipinski definition) is 1. The molecule has 0 radical (unpaired) electrons. The fraction of sp³-hybridized carbons (Fsp3) is 0.458. The minimum atomic E-state index is -0.198. The highest BCUT2D eigenvalue weighted by Crippen LogP contribution is 2.31.